The number of benzene rings is 1. The minimum Gasteiger partial charge on any atom is -0.508 e. The summed E-state index contributed by atoms with van der Waals surface area (Å²) in [7, 11) is 0. The normalized spacial score (nSPS) is 10.4. The van der Waals surface area contributed by atoms with E-state index < -0.39 is 0 Å². The lowest BCUT2D eigenvalue weighted by molar-refractivity contribution is -0.104. The van der Waals surface area contributed by atoms with Gasteiger partial charge in [0, 0.05) is 0 Å². The SMILES string of the molecule is Cc1ccc(O)cc1C=CC=O. The molecule has 0 aliphatic carbocycles. The Labute approximate surface area is 71.2 Å². The van der Waals surface area contributed by atoms with Crippen LogP contribution in [0.2, 0.25) is 0 Å². The summed E-state index contributed by atoms with van der Waals surface area (Å²) in [6.07, 6.45) is 3.79. The summed E-state index contributed by atoms with van der Waals surface area (Å²) in [5, 5.41) is 9.11. The van der Waals surface area contributed by atoms with E-state index in [4.69, 9.17) is 5.11 Å². The zero-order valence-electron chi connectivity index (χ0n) is 6.82. The molecule has 0 spiro atoms. The number of carbonyl (C=O) groups excluding carboxylic acids is 1. The molecule has 0 bridgehead atoms. The van der Waals surface area contributed by atoms with Gasteiger partial charge < -0.3 is 5.11 Å². The number of carbonyl (C=O) groups is 1. The molecule has 0 amide bonds. The maximum Gasteiger partial charge on any atom is 0.142 e. The molecule has 0 atom stereocenters. The lowest BCUT2D eigenvalue weighted by atomic mass is 10.1. The quantitative estimate of drug-likeness (QED) is 0.532. The van der Waals surface area contributed by atoms with Gasteiger partial charge in [-0.05, 0) is 36.3 Å². The van der Waals surface area contributed by atoms with E-state index in [1.54, 1.807) is 24.3 Å². The van der Waals surface area contributed by atoms with Crippen molar-refractivity contribution in [3.8, 4) is 5.75 Å². The zero-order chi connectivity index (χ0) is 8.97. The first-order valence-electron chi connectivity index (χ1n) is 3.65. The van der Waals surface area contributed by atoms with Crippen molar-refractivity contribution in [2.24, 2.45) is 0 Å². The largest absolute Gasteiger partial charge is 0.508 e. The fraction of sp³-hybridized carbons (Fsp3) is 0.100. The van der Waals surface area contributed by atoms with E-state index >= 15 is 0 Å². The minimum atomic E-state index is 0.214. The number of aryl methyl sites for hydroxylation is 1. The van der Waals surface area contributed by atoms with Gasteiger partial charge >= 0.3 is 0 Å². The molecule has 0 aromatic heterocycles. The molecule has 0 fully saturated rings. The Bertz CT molecular complexity index is 314. The number of hydrogen-bond acceptors (Lipinski definition) is 2. The monoisotopic (exact) mass is 162 g/mol. The second-order valence-electron chi connectivity index (χ2n) is 2.54. The van der Waals surface area contributed by atoms with E-state index in [2.05, 4.69) is 0 Å². The van der Waals surface area contributed by atoms with Crippen molar-refractivity contribution in [1.29, 1.82) is 0 Å². The summed E-state index contributed by atoms with van der Waals surface area (Å²) >= 11 is 0. The number of hydrogen-bond donors (Lipinski definition) is 1. The molecule has 1 N–H and O–H groups in total. The highest BCUT2D eigenvalue weighted by atomic mass is 16.3. The van der Waals surface area contributed by atoms with Crippen molar-refractivity contribution in [3.63, 3.8) is 0 Å². The van der Waals surface area contributed by atoms with Crippen molar-refractivity contribution < 1.29 is 9.90 Å². The van der Waals surface area contributed by atoms with Crippen molar-refractivity contribution in [1.82, 2.24) is 0 Å². The number of phenols is 1. The Morgan fingerprint density at radius 1 is 1.42 bits per heavy atom. The summed E-state index contributed by atoms with van der Waals surface area (Å²) < 4.78 is 0. The van der Waals surface area contributed by atoms with E-state index in [0.29, 0.717) is 6.29 Å². The predicted molar refractivity (Wildman–Crippen MR) is 47.9 cm³/mol. The van der Waals surface area contributed by atoms with Gasteiger partial charge in [0.25, 0.3) is 0 Å². The second kappa shape index (κ2) is 3.72. The van der Waals surface area contributed by atoms with E-state index in [1.165, 1.54) is 6.08 Å². The van der Waals surface area contributed by atoms with E-state index in [-0.39, 0.29) is 5.75 Å². The van der Waals surface area contributed by atoms with Gasteiger partial charge in [-0.15, -0.1) is 0 Å². The molecular formula is C10H10O2. The zero-order valence-corrected chi connectivity index (χ0v) is 6.82. The molecule has 0 unspecified atom stereocenters. The Hall–Kier alpha value is -1.57. The molecule has 0 heterocycles. The van der Waals surface area contributed by atoms with Gasteiger partial charge in [0.2, 0.25) is 0 Å². The molecule has 0 radical (unpaired) electrons. The molecule has 1 rings (SSSR count). The molecule has 1 aromatic carbocycles. The van der Waals surface area contributed by atoms with Crippen molar-refractivity contribution in [3.05, 3.63) is 35.4 Å². The maximum atomic E-state index is 10.0. The standard InChI is InChI=1S/C10H10O2/c1-8-4-5-10(12)7-9(8)3-2-6-11/h2-7,12H,1H3. The van der Waals surface area contributed by atoms with Gasteiger partial charge in [-0.2, -0.15) is 0 Å². The molecule has 62 valence electrons. The van der Waals surface area contributed by atoms with Crippen molar-refractivity contribution in [2.45, 2.75) is 6.92 Å². The van der Waals surface area contributed by atoms with Crippen LogP contribution in [0.4, 0.5) is 0 Å². The molecule has 0 aliphatic heterocycles. The lowest BCUT2D eigenvalue weighted by Gasteiger charge is -1.99. The molecule has 0 aliphatic rings. The van der Waals surface area contributed by atoms with E-state index in [0.717, 1.165) is 11.1 Å². The van der Waals surface area contributed by atoms with Gasteiger partial charge in [-0.3, -0.25) is 4.79 Å². The van der Waals surface area contributed by atoms with Crippen LogP contribution in [0, 0.1) is 6.92 Å². The Morgan fingerprint density at radius 2 is 2.17 bits per heavy atom. The van der Waals surface area contributed by atoms with Gasteiger partial charge in [0.1, 0.15) is 12.0 Å². The number of aromatic hydroxyl groups is 1. The molecule has 0 saturated heterocycles. The first-order valence-corrected chi connectivity index (χ1v) is 3.65. The van der Waals surface area contributed by atoms with Gasteiger partial charge in [-0.1, -0.05) is 12.1 Å². The van der Waals surface area contributed by atoms with Gasteiger partial charge in [0.15, 0.2) is 0 Å². The summed E-state index contributed by atoms with van der Waals surface area (Å²) in [5.41, 5.74) is 1.90. The number of phenolic OH excluding ortho intramolecular Hbond substituents is 1. The first kappa shape index (κ1) is 8.53. The summed E-state index contributed by atoms with van der Waals surface area (Å²) in [4.78, 5) is 10.0. The van der Waals surface area contributed by atoms with Crippen LogP contribution in [0.5, 0.6) is 5.75 Å². The lowest BCUT2D eigenvalue weighted by Crippen LogP contribution is -1.79. The molecule has 1 aromatic rings. The van der Waals surface area contributed by atoms with Crippen molar-refractivity contribution in [2.75, 3.05) is 0 Å². The van der Waals surface area contributed by atoms with Crippen molar-refractivity contribution >= 4 is 12.4 Å². The Kier molecular flexibility index (Phi) is 2.64. The fourth-order valence-electron chi connectivity index (χ4n) is 0.950. The highest BCUT2D eigenvalue weighted by Crippen LogP contribution is 2.16. The topological polar surface area (TPSA) is 37.3 Å². The van der Waals surface area contributed by atoms with Crippen LogP contribution in [0.15, 0.2) is 24.3 Å². The summed E-state index contributed by atoms with van der Waals surface area (Å²) in [6.45, 7) is 1.92. The number of aldehydes is 1. The predicted octanol–water partition coefficient (Wildman–Crippen LogP) is 1.91. The fourth-order valence-corrected chi connectivity index (χ4v) is 0.950. The minimum absolute atomic E-state index is 0.214. The van der Waals surface area contributed by atoms with Crippen LogP contribution in [-0.4, -0.2) is 11.4 Å². The van der Waals surface area contributed by atoms with Crippen LogP contribution in [0.3, 0.4) is 0 Å². The number of allylic oxidation sites excluding steroid dienone is 1. The highest BCUT2D eigenvalue weighted by Gasteiger charge is 1.94. The highest BCUT2D eigenvalue weighted by molar-refractivity contribution is 5.74. The smallest absolute Gasteiger partial charge is 0.142 e. The second-order valence-corrected chi connectivity index (χ2v) is 2.54. The third kappa shape index (κ3) is 1.95. The van der Waals surface area contributed by atoms with Gasteiger partial charge in [0.05, 0.1) is 0 Å². The maximum absolute atomic E-state index is 10.0. The molecular weight excluding hydrogens is 152 g/mol. The van der Waals surface area contributed by atoms with Crippen LogP contribution in [0.25, 0.3) is 6.08 Å². The third-order valence-electron chi connectivity index (χ3n) is 1.62. The number of rotatable bonds is 2. The van der Waals surface area contributed by atoms with E-state index in [9.17, 15) is 4.79 Å². The third-order valence-corrected chi connectivity index (χ3v) is 1.62. The summed E-state index contributed by atoms with van der Waals surface area (Å²) in [6, 6.07) is 5.04. The Balaban J connectivity index is 3.04. The molecule has 2 nitrogen and oxygen atoms in total. The van der Waals surface area contributed by atoms with Crippen LogP contribution in [-0.2, 0) is 4.79 Å². The van der Waals surface area contributed by atoms with Crippen LogP contribution >= 0.6 is 0 Å². The molecule has 2 heteroatoms. The molecule has 12 heavy (non-hydrogen) atoms. The first-order chi connectivity index (χ1) is 5.74. The van der Waals surface area contributed by atoms with E-state index in [1.807, 2.05) is 6.92 Å². The average molecular weight is 162 g/mol. The van der Waals surface area contributed by atoms with Crippen LogP contribution in [0.1, 0.15) is 11.1 Å². The molecule has 0 saturated carbocycles. The van der Waals surface area contributed by atoms with Crippen LogP contribution < -0.4 is 0 Å². The summed E-state index contributed by atoms with van der Waals surface area (Å²) in [5.74, 6) is 0.214. The average Bonchev–Trinajstić information content (AvgIpc) is 2.07. The Morgan fingerprint density at radius 3 is 2.83 bits per heavy atom. The van der Waals surface area contributed by atoms with Gasteiger partial charge in [-0.25, -0.2) is 0 Å².